The Hall–Kier alpha value is -1.59. The molecule has 120 valence electrons. The third-order valence-corrected chi connectivity index (χ3v) is 3.93. The molecule has 2 atom stereocenters. The van der Waals surface area contributed by atoms with E-state index in [9.17, 15) is 9.59 Å². The molecule has 1 aromatic carbocycles. The predicted molar refractivity (Wildman–Crippen MR) is 82.8 cm³/mol. The van der Waals surface area contributed by atoms with Crippen LogP contribution in [0, 0.1) is 0 Å². The Kier molecular flexibility index (Phi) is 6.21. The number of nitrogens with one attached hydrogen (secondary N) is 1. The lowest BCUT2D eigenvalue weighted by Gasteiger charge is -2.23. The quantitative estimate of drug-likeness (QED) is 0.843. The zero-order valence-corrected chi connectivity index (χ0v) is 13.0. The number of carbonyl (C=O) groups excluding carboxylic acids is 1. The molecule has 5 nitrogen and oxygen atoms in total. The Morgan fingerprint density at radius 3 is 2.64 bits per heavy atom. The minimum absolute atomic E-state index is 0.0653. The van der Waals surface area contributed by atoms with Crippen LogP contribution in [0.3, 0.4) is 0 Å². The summed E-state index contributed by atoms with van der Waals surface area (Å²) >= 11 is 5.84. The largest absolute Gasteiger partial charge is 0.481 e. The first kappa shape index (κ1) is 16.8. The van der Waals surface area contributed by atoms with Crippen molar-refractivity contribution in [3.05, 3.63) is 34.9 Å². The number of aliphatic carboxylic acids is 1. The van der Waals surface area contributed by atoms with E-state index in [0.29, 0.717) is 11.6 Å². The highest BCUT2D eigenvalue weighted by atomic mass is 35.5. The van der Waals surface area contributed by atoms with Crippen LogP contribution in [0.2, 0.25) is 5.02 Å². The van der Waals surface area contributed by atoms with Gasteiger partial charge in [0.25, 0.3) is 0 Å². The molecule has 0 aromatic heterocycles. The number of carboxylic acids is 1. The molecule has 1 aliphatic heterocycles. The molecular formula is C16H20ClNO4. The summed E-state index contributed by atoms with van der Waals surface area (Å²) in [6, 6.07) is 6.26. The first-order chi connectivity index (χ1) is 10.5. The van der Waals surface area contributed by atoms with Gasteiger partial charge in [-0.3, -0.25) is 9.59 Å². The average Bonchev–Trinajstić information content (AvgIpc) is 2.48. The number of ether oxygens (including phenoxy) is 1. The van der Waals surface area contributed by atoms with Gasteiger partial charge in [0.2, 0.25) is 5.91 Å². The lowest BCUT2D eigenvalue weighted by molar-refractivity contribution is -0.137. The van der Waals surface area contributed by atoms with Gasteiger partial charge >= 0.3 is 5.97 Å². The van der Waals surface area contributed by atoms with Crippen LogP contribution in [-0.4, -0.2) is 29.7 Å². The van der Waals surface area contributed by atoms with Gasteiger partial charge in [0.05, 0.1) is 25.0 Å². The van der Waals surface area contributed by atoms with Crippen LogP contribution in [0.15, 0.2) is 24.3 Å². The van der Waals surface area contributed by atoms with E-state index in [2.05, 4.69) is 5.32 Å². The first-order valence-electron chi connectivity index (χ1n) is 7.43. The van der Waals surface area contributed by atoms with Gasteiger partial charge in [0.15, 0.2) is 0 Å². The monoisotopic (exact) mass is 325 g/mol. The van der Waals surface area contributed by atoms with Crippen LogP contribution in [0.1, 0.15) is 43.7 Å². The highest BCUT2D eigenvalue weighted by molar-refractivity contribution is 6.30. The van der Waals surface area contributed by atoms with Crippen LogP contribution in [0.4, 0.5) is 0 Å². The Labute approximate surface area is 134 Å². The molecule has 1 saturated heterocycles. The standard InChI is InChI=1S/C16H20ClNO4/c17-12-6-4-11(5-7-12)14(10-16(20)21)18-15(19)9-13-3-1-2-8-22-13/h4-7,13-14H,1-3,8-10H2,(H,18,19)(H,20,21)/t13?,14-/m0/s1. The van der Waals surface area contributed by atoms with E-state index in [0.717, 1.165) is 24.8 Å². The van der Waals surface area contributed by atoms with E-state index < -0.39 is 12.0 Å². The number of hydrogen-bond acceptors (Lipinski definition) is 3. The lowest BCUT2D eigenvalue weighted by atomic mass is 10.0. The molecule has 0 spiro atoms. The molecule has 0 bridgehead atoms. The van der Waals surface area contributed by atoms with Crippen molar-refractivity contribution in [3.63, 3.8) is 0 Å². The Bertz CT molecular complexity index is 511. The van der Waals surface area contributed by atoms with Crippen LogP contribution < -0.4 is 5.32 Å². The maximum Gasteiger partial charge on any atom is 0.305 e. The van der Waals surface area contributed by atoms with Gasteiger partial charge in [-0.15, -0.1) is 0 Å². The molecule has 1 fully saturated rings. The molecule has 22 heavy (non-hydrogen) atoms. The zero-order chi connectivity index (χ0) is 15.9. The third-order valence-electron chi connectivity index (χ3n) is 3.67. The van der Waals surface area contributed by atoms with Gasteiger partial charge in [-0.2, -0.15) is 0 Å². The minimum Gasteiger partial charge on any atom is -0.481 e. The number of amides is 1. The molecule has 1 aliphatic rings. The summed E-state index contributed by atoms with van der Waals surface area (Å²) < 4.78 is 5.54. The van der Waals surface area contributed by atoms with Crippen molar-refractivity contribution in [3.8, 4) is 0 Å². The van der Waals surface area contributed by atoms with Gasteiger partial charge in [-0.1, -0.05) is 23.7 Å². The molecule has 1 unspecified atom stereocenters. The van der Waals surface area contributed by atoms with E-state index in [1.807, 2.05) is 0 Å². The highest BCUT2D eigenvalue weighted by Gasteiger charge is 2.22. The van der Waals surface area contributed by atoms with Crippen molar-refractivity contribution < 1.29 is 19.4 Å². The van der Waals surface area contributed by atoms with E-state index in [1.54, 1.807) is 24.3 Å². The summed E-state index contributed by atoms with van der Waals surface area (Å²) in [7, 11) is 0. The van der Waals surface area contributed by atoms with E-state index >= 15 is 0 Å². The van der Waals surface area contributed by atoms with Crippen LogP contribution in [-0.2, 0) is 14.3 Å². The number of carboxylic acid groups (broad SMARTS) is 1. The summed E-state index contributed by atoms with van der Waals surface area (Å²) in [5.41, 5.74) is 0.727. The second-order valence-corrected chi connectivity index (χ2v) is 5.90. The number of benzene rings is 1. The number of carbonyl (C=O) groups is 2. The third kappa shape index (κ3) is 5.31. The van der Waals surface area contributed by atoms with Crippen molar-refractivity contribution in [1.82, 2.24) is 5.32 Å². The zero-order valence-electron chi connectivity index (χ0n) is 12.3. The number of rotatable bonds is 6. The molecule has 2 N–H and O–H groups in total. The van der Waals surface area contributed by atoms with Gasteiger partial charge in [-0.25, -0.2) is 0 Å². The second-order valence-electron chi connectivity index (χ2n) is 5.46. The topological polar surface area (TPSA) is 75.6 Å². The Balaban J connectivity index is 1.97. The maximum absolute atomic E-state index is 12.1. The molecule has 1 aromatic rings. The minimum atomic E-state index is -0.964. The van der Waals surface area contributed by atoms with Crippen molar-refractivity contribution in [2.45, 2.75) is 44.2 Å². The summed E-state index contributed by atoms with van der Waals surface area (Å²) in [5, 5.41) is 12.4. The number of hydrogen-bond donors (Lipinski definition) is 2. The molecule has 1 heterocycles. The maximum atomic E-state index is 12.1. The summed E-state index contributed by atoms with van der Waals surface area (Å²) in [5.74, 6) is -1.15. The predicted octanol–water partition coefficient (Wildman–Crippen LogP) is 2.93. The molecule has 0 aliphatic carbocycles. The van der Waals surface area contributed by atoms with Crippen LogP contribution in [0.5, 0.6) is 0 Å². The fraction of sp³-hybridized carbons (Fsp3) is 0.500. The first-order valence-corrected chi connectivity index (χ1v) is 7.80. The molecule has 0 saturated carbocycles. The van der Waals surface area contributed by atoms with E-state index in [4.69, 9.17) is 21.4 Å². The second kappa shape index (κ2) is 8.15. The molecule has 0 radical (unpaired) electrons. The van der Waals surface area contributed by atoms with Crippen molar-refractivity contribution >= 4 is 23.5 Å². The van der Waals surface area contributed by atoms with Crippen molar-refractivity contribution in [2.75, 3.05) is 6.61 Å². The van der Waals surface area contributed by atoms with Crippen molar-refractivity contribution in [1.29, 1.82) is 0 Å². The fourth-order valence-corrected chi connectivity index (χ4v) is 2.68. The SMILES string of the molecule is O=C(O)C[C@H](NC(=O)CC1CCCCO1)c1ccc(Cl)cc1. The van der Waals surface area contributed by atoms with Crippen LogP contribution >= 0.6 is 11.6 Å². The van der Waals surface area contributed by atoms with E-state index in [1.165, 1.54) is 0 Å². The van der Waals surface area contributed by atoms with Crippen molar-refractivity contribution in [2.24, 2.45) is 0 Å². The molecule has 2 rings (SSSR count). The average molecular weight is 326 g/mol. The van der Waals surface area contributed by atoms with Gasteiger partial charge < -0.3 is 15.2 Å². The van der Waals surface area contributed by atoms with Gasteiger partial charge in [0, 0.05) is 11.6 Å². The Morgan fingerprint density at radius 2 is 2.05 bits per heavy atom. The summed E-state index contributed by atoms with van der Waals surface area (Å²) in [6.07, 6.45) is 3.00. The highest BCUT2D eigenvalue weighted by Crippen LogP contribution is 2.21. The normalized spacial score (nSPS) is 19.4. The van der Waals surface area contributed by atoms with Gasteiger partial charge in [0.1, 0.15) is 0 Å². The smallest absolute Gasteiger partial charge is 0.305 e. The molecule has 6 heteroatoms. The fourth-order valence-electron chi connectivity index (χ4n) is 2.55. The lowest BCUT2D eigenvalue weighted by Crippen LogP contribution is -2.34. The van der Waals surface area contributed by atoms with E-state index in [-0.39, 0.29) is 24.9 Å². The summed E-state index contributed by atoms with van der Waals surface area (Å²) in [4.78, 5) is 23.2. The molecular weight excluding hydrogens is 306 g/mol. The van der Waals surface area contributed by atoms with Crippen LogP contribution in [0.25, 0.3) is 0 Å². The summed E-state index contributed by atoms with van der Waals surface area (Å²) in [6.45, 7) is 0.688. The Morgan fingerprint density at radius 1 is 1.32 bits per heavy atom. The number of halogens is 1. The van der Waals surface area contributed by atoms with Gasteiger partial charge in [-0.05, 0) is 37.0 Å². The molecule has 1 amide bonds.